The largest absolute Gasteiger partial charge is 0.487 e. The Morgan fingerprint density at radius 2 is 2.11 bits per heavy atom. The van der Waals surface area contributed by atoms with Crippen molar-refractivity contribution in [3.8, 4) is 5.75 Å². The minimum Gasteiger partial charge on any atom is -0.487 e. The van der Waals surface area contributed by atoms with E-state index in [1.54, 1.807) is 12.1 Å². The van der Waals surface area contributed by atoms with E-state index >= 15 is 0 Å². The fraction of sp³-hybridized carbons (Fsp3) is 0.462. The molecule has 0 heterocycles. The number of amides is 1. The molecule has 19 heavy (non-hydrogen) atoms. The maximum absolute atomic E-state index is 13.8. The Balaban J connectivity index is 0.00000180. The summed E-state index contributed by atoms with van der Waals surface area (Å²) in [5.74, 6) is -0.566. The highest BCUT2D eigenvalue weighted by atomic mass is 35.5. The Labute approximate surface area is 117 Å². The van der Waals surface area contributed by atoms with Crippen LogP contribution in [-0.4, -0.2) is 18.6 Å². The van der Waals surface area contributed by atoms with Crippen LogP contribution in [0.1, 0.15) is 25.7 Å². The number of carbonyl (C=O) groups excluding carboxylic acids is 1. The van der Waals surface area contributed by atoms with Gasteiger partial charge in [0, 0.05) is 11.8 Å². The summed E-state index contributed by atoms with van der Waals surface area (Å²) in [7, 11) is 0. The van der Waals surface area contributed by atoms with Crippen molar-refractivity contribution in [2.24, 2.45) is 5.73 Å². The van der Waals surface area contributed by atoms with E-state index < -0.39 is 5.82 Å². The minimum atomic E-state index is -0.461. The highest BCUT2D eigenvalue weighted by Gasteiger charge is 2.18. The topological polar surface area (TPSA) is 64.4 Å². The third-order valence-corrected chi connectivity index (χ3v) is 3.00. The first kappa shape index (κ1) is 15.7. The molecule has 3 N–H and O–H groups in total. The van der Waals surface area contributed by atoms with Gasteiger partial charge in [0.1, 0.15) is 0 Å². The molecule has 0 saturated heterocycles. The summed E-state index contributed by atoms with van der Waals surface area (Å²) in [6.07, 6.45) is 4.34. The molecule has 1 amide bonds. The first-order valence-electron chi connectivity index (χ1n) is 6.15. The van der Waals surface area contributed by atoms with Crippen LogP contribution < -0.4 is 15.8 Å². The molecule has 1 aliphatic carbocycles. The fourth-order valence-electron chi connectivity index (χ4n) is 2.07. The molecule has 0 aromatic heterocycles. The summed E-state index contributed by atoms with van der Waals surface area (Å²) in [5.41, 5.74) is 5.56. The van der Waals surface area contributed by atoms with Crippen LogP contribution in [0.25, 0.3) is 0 Å². The Morgan fingerprint density at radius 1 is 1.42 bits per heavy atom. The molecule has 0 bridgehead atoms. The highest BCUT2D eigenvalue weighted by Crippen LogP contribution is 2.27. The monoisotopic (exact) mass is 288 g/mol. The molecule has 2 rings (SSSR count). The van der Waals surface area contributed by atoms with E-state index in [0.717, 1.165) is 25.7 Å². The molecule has 4 nitrogen and oxygen atoms in total. The van der Waals surface area contributed by atoms with E-state index in [2.05, 4.69) is 5.32 Å². The number of ether oxygens (including phenoxy) is 1. The average Bonchev–Trinajstić information content (AvgIpc) is 2.85. The molecular weight excluding hydrogens is 271 g/mol. The first-order valence-corrected chi connectivity index (χ1v) is 6.15. The number of hydrogen-bond donors (Lipinski definition) is 2. The molecule has 1 aliphatic rings. The van der Waals surface area contributed by atoms with E-state index in [1.807, 2.05) is 0 Å². The van der Waals surface area contributed by atoms with Crippen LogP contribution >= 0.6 is 12.4 Å². The van der Waals surface area contributed by atoms with Crippen LogP contribution in [-0.2, 0) is 4.79 Å². The van der Waals surface area contributed by atoms with E-state index in [4.69, 9.17) is 10.5 Å². The van der Waals surface area contributed by atoms with Gasteiger partial charge in [0.05, 0.1) is 12.6 Å². The zero-order valence-electron chi connectivity index (χ0n) is 10.5. The van der Waals surface area contributed by atoms with Gasteiger partial charge in [-0.15, -0.1) is 12.4 Å². The van der Waals surface area contributed by atoms with Gasteiger partial charge in [-0.3, -0.25) is 4.79 Å². The van der Waals surface area contributed by atoms with Crippen LogP contribution in [0, 0.1) is 5.82 Å². The Morgan fingerprint density at radius 3 is 2.68 bits per heavy atom. The zero-order valence-corrected chi connectivity index (χ0v) is 11.3. The molecule has 1 saturated carbocycles. The summed E-state index contributed by atoms with van der Waals surface area (Å²) in [5, 5.41) is 2.49. The van der Waals surface area contributed by atoms with Crippen molar-refractivity contribution in [2.45, 2.75) is 31.8 Å². The van der Waals surface area contributed by atoms with Gasteiger partial charge in [-0.2, -0.15) is 0 Å². The summed E-state index contributed by atoms with van der Waals surface area (Å²) >= 11 is 0. The first-order chi connectivity index (χ1) is 8.69. The van der Waals surface area contributed by atoms with Gasteiger partial charge in [0.15, 0.2) is 11.6 Å². The molecule has 0 spiro atoms. The third kappa shape index (κ3) is 4.36. The van der Waals surface area contributed by atoms with Gasteiger partial charge in [-0.05, 0) is 37.8 Å². The maximum Gasteiger partial charge on any atom is 0.238 e. The molecular formula is C13H18ClFN2O2. The second-order valence-electron chi connectivity index (χ2n) is 4.42. The maximum atomic E-state index is 13.8. The number of rotatable bonds is 4. The number of carbonyl (C=O) groups is 1. The number of nitrogens with one attached hydrogen (secondary N) is 1. The average molecular weight is 289 g/mol. The number of nitrogens with two attached hydrogens (primary N) is 1. The smallest absolute Gasteiger partial charge is 0.238 e. The standard InChI is InChI=1S/C13H17FN2O2.ClH/c14-11-7-9(16-13(17)8-15)5-6-12(11)18-10-3-1-2-4-10;/h5-7,10H,1-4,8,15H2,(H,16,17);1H. The summed E-state index contributed by atoms with van der Waals surface area (Å²) in [6, 6.07) is 4.40. The van der Waals surface area contributed by atoms with E-state index in [0.29, 0.717) is 5.69 Å². The van der Waals surface area contributed by atoms with Crippen molar-refractivity contribution in [3.63, 3.8) is 0 Å². The van der Waals surface area contributed by atoms with Crippen LogP contribution in [0.4, 0.5) is 10.1 Å². The van der Waals surface area contributed by atoms with Crippen molar-refractivity contribution in [2.75, 3.05) is 11.9 Å². The minimum absolute atomic E-state index is 0. The summed E-state index contributed by atoms with van der Waals surface area (Å²) < 4.78 is 19.3. The van der Waals surface area contributed by atoms with Gasteiger partial charge in [0.25, 0.3) is 0 Å². The second kappa shape index (κ2) is 7.31. The van der Waals surface area contributed by atoms with E-state index in [-0.39, 0.29) is 36.7 Å². The number of benzene rings is 1. The van der Waals surface area contributed by atoms with Gasteiger partial charge >= 0.3 is 0 Å². The Bertz CT molecular complexity index is 437. The predicted octanol–water partition coefficient (Wildman–Crippen LogP) is 2.47. The molecule has 1 aromatic carbocycles. The van der Waals surface area contributed by atoms with Crippen molar-refractivity contribution < 1.29 is 13.9 Å². The zero-order chi connectivity index (χ0) is 13.0. The van der Waals surface area contributed by atoms with Gasteiger partial charge in [0.2, 0.25) is 5.91 Å². The lowest BCUT2D eigenvalue weighted by atomic mass is 10.2. The van der Waals surface area contributed by atoms with E-state index in [9.17, 15) is 9.18 Å². The SMILES string of the molecule is Cl.NCC(=O)Nc1ccc(OC2CCCC2)c(F)c1. The second-order valence-corrected chi connectivity index (χ2v) is 4.42. The molecule has 6 heteroatoms. The number of anilines is 1. The van der Waals surface area contributed by atoms with Crippen molar-refractivity contribution in [1.82, 2.24) is 0 Å². The van der Waals surface area contributed by atoms with Crippen molar-refractivity contribution >= 4 is 24.0 Å². The molecule has 0 aliphatic heterocycles. The highest BCUT2D eigenvalue weighted by molar-refractivity contribution is 5.92. The van der Waals surface area contributed by atoms with Gasteiger partial charge < -0.3 is 15.8 Å². The Hall–Kier alpha value is -1.33. The van der Waals surface area contributed by atoms with Crippen molar-refractivity contribution in [1.29, 1.82) is 0 Å². The van der Waals surface area contributed by atoms with Gasteiger partial charge in [-0.25, -0.2) is 4.39 Å². The molecule has 0 unspecified atom stereocenters. The van der Waals surface area contributed by atoms with Gasteiger partial charge in [-0.1, -0.05) is 0 Å². The number of hydrogen-bond acceptors (Lipinski definition) is 3. The molecule has 0 atom stereocenters. The Kier molecular flexibility index (Phi) is 6.05. The van der Waals surface area contributed by atoms with E-state index in [1.165, 1.54) is 6.07 Å². The molecule has 1 aromatic rings. The quantitative estimate of drug-likeness (QED) is 0.894. The molecule has 1 fully saturated rings. The molecule has 0 radical (unpaired) electrons. The van der Waals surface area contributed by atoms with Crippen molar-refractivity contribution in [3.05, 3.63) is 24.0 Å². The predicted molar refractivity (Wildman–Crippen MR) is 74.2 cm³/mol. The third-order valence-electron chi connectivity index (χ3n) is 3.00. The fourth-order valence-corrected chi connectivity index (χ4v) is 2.07. The number of halogens is 2. The summed E-state index contributed by atoms with van der Waals surface area (Å²) in [6.45, 7) is -0.123. The lowest BCUT2D eigenvalue weighted by Gasteiger charge is -2.14. The normalized spacial score (nSPS) is 14.8. The van der Waals surface area contributed by atoms with Crippen LogP contribution in [0.3, 0.4) is 0 Å². The van der Waals surface area contributed by atoms with Crippen LogP contribution in [0.15, 0.2) is 18.2 Å². The lowest BCUT2D eigenvalue weighted by molar-refractivity contribution is -0.114. The van der Waals surface area contributed by atoms with Crippen LogP contribution in [0.5, 0.6) is 5.75 Å². The van der Waals surface area contributed by atoms with Crippen LogP contribution in [0.2, 0.25) is 0 Å². The molecule has 106 valence electrons. The lowest BCUT2D eigenvalue weighted by Crippen LogP contribution is -2.21. The summed E-state index contributed by atoms with van der Waals surface area (Å²) in [4.78, 5) is 11.1.